The van der Waals surface area contributed by atoms with Crippen LogP contribution < -0.4 is 0 Å². The molecule has 110 valence electrons. The fourth-order valence-electron chi connectivity index (χ4n) is 2.51. The van der Waals surface area contributed by atoms with Gasteiger partial charge in [-0.25, -0.2) is 0 Å². The highest BCUT2D eigenvalue weighted by molar-refractivity contribution is 5.74. The first-order valence-corrected chi connectivity index (χ1v) is 6.66. The zero-order chi connectivity index (χ0) is 14.8. The maximum absolute atomic E-state index is 11.2. The molecule has 3 rings (SSSR count). The van der Waals surface area contributed by atoms with Gasteiger partial charge in [0.25, 0.3) is 5.89 Å². The van der Waals surface area contributed by atoms with Crippen LogP contribution in [0.1, 0.15) is 12.2 Å². The van der Waals surface area contributed by atoms with Crippen molar-refractivity contribution in [3.8, 4) is 11.5 Å². The van der Waals surface area contributed by atoms with Crippen molar-refractivity contribution < 1.29 is 19.5 Å². The standard InChI is InChI=1S/C14H15N3O4/c18-10-6-11(14(19)20)17(7-10)8-12-15-13(21-16-12)9-4-2-1-3-5-9/h1-5,10-11,18H,6-8H2,(H,19,20). The monoisotopic (exact) mass is 289 g/mol. The van der Waals surface area contributed by atoms with Crippen molar-refractivity contribution in [1.29, 1.82) is 0 Å². The van der Waals surface area contributed by atoms with E-state index in [1.807, 2.05) is 30.3 Å². The number of carboxylic acid groups (broad SMARTS) is 1. The van der Waals surface area contributed by atoms with Crippen LogP contribution in [-0.4, -0.2) is 49.9 Å². The second-order valence-electron chi connectivity index (χ2n) is 5.05. The molecule has 0 saturated carbocycles. The van der Waals surface area contributed by atoms with Gasteiger partial charge in [0.2, 0.25) is 0 Å². The molecule has 0 aliphatic carbocycles. The molecule has 0 radical (unpaired) electrons. The Kier molecular flexibility index (Phi) is 3.68. The Hall–Kier alpha value is -2.25. The van der Waals surface area contributed by atoms with Crippen molar-refractivity contribution >= 4 is 5.97 Å². The largest absolute Gasteiger partial charge is 0.480 e. The van der Waals surface area contributed by atoms with Gasteiger partial charge < -0.3 is 14.7 Å². The number of β-amino-alcohol motifs (C(OH)–C–C–N with tert-alkyl or cyclic N) is 1. The predicted molar refractivity (Wildman–Crippen MR) is 72.2 cm³/mol. The van der Waals surface area contributed by atoms with Crippen LogP contribution in [0.4, 0.5) is 0 Å². The van der Waals surface area contributed by atoms with E-state index in [4.69, 9.17) is 9.63 Å². The number of carbonyl (C=O) groups is 1. The summed E-state index contributed by atoms with van der Waals surface area (Å²) in [6.07, 6.45) is -0.412. The lowest BCUT2D eigenvalue weighted by Gasteiger charge is -2.18. The van der Waals surface area contributed by atoms with Gasteiger partial charge in [-0.05, 0) is 12.1 Å². The molecule has 2 N–H and O–H groups in total. The summed E-state index contributed by atoms with van der Waals surface area (Å²) in [5.41, 5.74) is 0.812. The highest BCUT2D eigenvalue weighted by atomic mass is 16.5. The molecule has 21 heavy (non-hydrogen) atoms. The maximum atomic E-state index is 11.2. The van der Waals surface area contributed by atoms with Crippen LogP contribution in [0.2, 0.25) is 0 Å². The number of likely N-dealkylation sites (tertiary alicyclic amines) is 1. The Morgan fingerprint density at radius 2 is 2.14 bits per heavy atom. The quantitative estimate of drug-likeness (QED) is 0.857. The fraction of sp³-hybridized carbons (Fsp3) is 0.357. The first-order valence-electron chi connectivity index (χ1n) is 6.66. The average molecular weight is 289 g/mol. The van der Waals surface area contributed by atoms with Gasteiger partial charge in [0, 0.05) is 18.5 Å². The van der Waals surface area contributed by atoms with Crippen LogP contribution in [0.15, 0.2) is 34.9 Å². The Bertz CT molecular complexity index is 628. The molecule has 0 bridgehead atoms. The Labute approximate surface area is 120 Å². The number of aromatic nitrogens is 2. The molecule has 1 aromatic carbocycles. The van der Waals surface area contributed by atoms with E-state index in [-0.39, 0.29) is 13.0 Å². The smallest absolute Gasteiger partial charge is 0.321 e. The first kappa shape index (κ1) is 13.7. The topological polar surface area (TPSA) is 99.7 Å². The summed E-state index contributed by atoms with van der Waals surface area (Å²) in [5.74, 6) is -0.134. The molecule has 1 aliphatic heterocycles. The van der Waals surface area contributed by atoms with E-state index in [9.17, 15) is 9.90 Å². The average Bonchev–Trinajstić information content (AvgIpc) is 3.07. The first-order chi connectivity index (χ1) is 10.1. The number of hydrogen-bond acceptors (Lipinski definition) is 6. The fourth-order valence-corrected chi connectivity index (χ4v) is 2.51. The Morgan fingerprint density at radius 3 is 2.86 bits per heavy atom. The number of benzene rings is 1. The summed E-state index contributed by atoms with van der Waals surface area (Å²) >= 11 is 0. The molecule has 1 fully saturated rings. The van der Waals surface area contributed by atoms with Crippen LogP contribution >= 0.6 is 0 Å². The van der Waals surface area contributed by atoms with Gasteiger partial charge in [0.1, 0.15) is 6.04 Å². The molecule has 1 aliphatic rings. The third-order valence-electron chi connectivity index (χ3n) is 3.50. The van der Waals surface area contributed by atoms with Gasteiger partial charge >= 0.3 is 5.97 Å². The second kappa shape index (κ2) is 5.63. The number of aliphatic carboxylic acids is 1. The lowest BCUT2D eigenvalue weighted by atomic mass is 10.2. The second-order valence-corrected chi connectivity index (χ2v) is 5.05. The summed E-state index contributed by atoms with van der Waals surface area (Å²) in [4.78, 5) is 17.1. The lowest BCUT2D eigenvalue weighted by Crippen LogP contribution is -2.35. The summed E-state index contributed by atoms with van der Waals surface area (Å²) in [7, 11) is 0. The Balaban J connectivity index is 1.74. The van der Waals surface area contributed by atoms with Crippen molar-refractivity contribution in [1.82, 2.24) is 15.0 Å². The van der Waals surface area contributed by atoms with Gasteiger partial charge in [-0.3, -0.25) is 9.69 Å². The van der Waals surface area contributed by atoms with Crippen molar-refractivity contribution in [3.63, 3.8) is 0 Å². The Morgan fingerprint density at radius 1 is 1.38 bits per heavy atom. The molecule has 7 heteroatoms. The van der Waals surface area contributed by atoms with Gasteiger partial charge in [-0.2, -0.15) is 4.98 Å². The molecule has 2 atom stereocenters. The number of nitrogens with zero attached hydrogens (tertiary/aromatic N) is 3. The van der Waals surface area contributed by atoms with E-state index in [1.165, 1.54) is 0 Å². The highest BCUT2D eigenvalue weighted by Gasteiger charge is 2.36. The van der Waals surface area contributed by atoms with Crippen LogP contribution in [0.5, 0.6) is 0 Å². The molecule has 2 heterocycles. The zero-order valence-corrected chi connectivity index (χ0v) is 11.2. The highest BCUT2D eigenvalue weighted by Crippen LogP contribution is 2.21. The minimum absolute atomic E-state index is 0.221. The zero-order valence-electron chi connectivity index (χ0n) is 11.2. The predicted octanol–water partition coefficient (Wildman–Crippen LogP) is 0.756. The van der Waals surface area contributed by atoms with E-state index >= 15 is 0 Å². The maximum Gasteiger partial charge on any atom is 0.321 e. The van der Waals surface area contributed by atoms with Crippen LogP contribution in [0, 0.1) is 0 Å². The van der Waals surface area contributed by atoms with E-state index in [0.29, 0.717) is 18.3 Å². The summed E-state index contributed by atoms with van der Waals surface area (Å²) in [5, 5.41) is 22.6. The third kappa shape index (κ3) is 2.93. The minimum atomic E-state index is -0.946. The van der Waals surface area contributed by atoms with Crippen LogP contribution in [0.25, 0.3) is 11.5 Å². The van der Waals surface area contributed by atoms with Gasteiger partial charge in [-0.1, -0.05) is 23.4 Å². The number of aliphatic hydroxyl groups excluding tert-OH is 1. The number of aliphatic hydroxyl groups is 1. The van der Waals surface area contributed by atoms with Gasteiger partial charge in [0.05, 0.1) is 12.6 Å². The van der Waals surface area contributed by atoms with E-state index in [0.717, 1.165) is 5.56 Å². The van der Waals surface area contributed by atoms with E-state index < -0.39 is 18.1 Å². The normalized spacial score (nSPS) is 22.5. The van der Waals surface area contributed by atoms with Crippen molar-refractivity contribution in [2.24, 2.45) is 0 Å². The minimum Gasteiger partial charge on any atom is -0.480 e. The number of carboxylic acids is 1. The van der Waals surface area contributed by atoms with Crippen LogP contribution in [0.3, 0.4) is 0 Å². The van der Waals surface area contributed by atoms with E-state index in [2.05, 4.69) is 10.1 Å². The van der Waals surface area contributed by atoms with E-state index in [1.54, 1.807) is 4.90 Å². The number of hydrogen-bond donors (Lipinski definition) is 2. The molecule has 0 amide bonds. The molecule has 2 unspecified atom stereocenters. The molecule has 7 nitrogen and oxygen atoms in total. The summed E-state index contributed by atoms with van der Waals surface area (Å²) < 4.78 is 5.19. The summed E-state index contributed by atoms with van der Waals surface area (Å²) in [6, 6.07) is 8.64. The lowest BCUT2D eigenvalue weighted by molar-refractivity contribution is -0.142. The molecule has 1 saturated heterocycles. The van der Waals surface area contributed by atoms with Gasteiger partial charge in [-0.15, -0.1) is 0 Å². The molecule has 0 spiro atoms. The SMILES string of the molecule is O=C(O)C1CC(O)CN1Cc1noc(-c2ccccc2)n1. The molecule has 1 aromatic heterocycles. The van der Waals surface area contributed by atoms with Crippen molar-refractivity contribution in [2.45, 2.75) is 25.1 Å². The van der Waals surface area contributed by atoms with Crippen molar-refractivity contribution in [2.75, 3.05) is 6.54 Å². The summed E-state index contributed by atoms with van der Waals surface area (Å²) in [6.45, 7) is 0.538. The molecule has 2 aromatic rings. The molecular weight excluding hydrogens is 274 g/mol. The van der Waals surface area contributed by atoms with Crippen molar-refractivity contribution in [3.05, 3.63) is 36.2 Å². The third-order valence-corrected chi connectivity index (χ3v) is 3.50. The van der Waals surface area contributed by atoms with Crippen LogP contribution in [-0.2, 0) is 11.3 Å². The van der Waals surface area contributed by atoms with Gasteiger partial charge in [0.15, 0.2) is 5.82 Å². The molecular formula is C14H15N3O4. The number of rotatable bonds is 4.